The number of hydrogen-bond donors (Lipinski definition) is 3. The highest BCUT2D eigenvalue weighted by molar-refractivity contribution is 5.82. The number of amides is 2. The second kappa shape index (κ2) is 7.44. The average molecular weight is 288 g/mol. The minimum absolute atomic E-state index is 0.185. The van der Waals surface area contributed by atoms with Gasteiger partial charge >= 0.3 is 12.0 Å². The predicted molar refractivity (Wildman–Crippen MR) is 72.6 cm³/mol. The molecule has 0 aliphatic carbocycles. The minimum atomic E-state index is -1.03. The molecule has 0 aromatic heterocycles. The molecule has 0 aromatic carbocycles. The standard InChI is InChI=1S/C13H24N2O5/c1-9(2)6-10(11(16)17)15-12(18)14-7-13(19-3)4-5-20-8-13/h9-10H,4-8H2,1-3H3,(H,16,17)(H2,14,15,18)/t10-,13?/m0/s1. The molecule has 7 heteroatoms. The zero-order valence-electron chi connectivity index (χ0n) is 12.3. The van der Waals surface area contributed by atoms with Crippen LogP contribution in [-0.4, -0.2) is 55.6 Å². The smallest absolute Gasteiger partial charge is 0.326 e. The van der Waals surface area contributed by atoms with E-state index in [0.717, 1.165) is 0 Å². The van der Waals surface area contributed by atoms with Crippen molar-refractivity contribution in [3.05, 3.63) is 0 Å². The average Bonchev–Trinajstić information content (AvgIpc) is 2.84. The van der Waals surface area contributed by atoms with Crippen LogP contribution in [0.15, 0.2) is 0 Å². The molecule has 1 heterocycles. The Morgan fingerprint density at radius 2 is 2.15 bits per heavy atom. The van der Waals surface area contributed by atoms with E-state index in [2.05, 4.69) is 10.6 Å². The Bertz CT molecular complexity index is 340. The fraction of sp³-hybridized carbons (Fsp3) is 0.846. The Labute approximate surface area is 119 Å². The summed E-state index contributed by atoms with van der Waals surface area (Å²) in [6, 6.07) is -1.38. The number of methoxy groups -OCH3 is 1. The van der Waals surface area contributed by atoms with E-state index in [4.69, 9.17) is 14.6 Å². The molecule has 1 saturated heterocycles. The van der Waals surface area contributed by atoms with Gasteiger partial charge in [-0.15, -0.1) is 0 Å². The molecule has 1 aliphatic rings. The lowest BCUT2D eigenvalue weighted by Crippen LogP contribution is -2.51. The van der Waals surface area contributed by atoms with Crippen molar-refractivity contribution < 1.29 is 24.2 Å². The van der Waals surface area contributed by atoms with Crippen molar-refractivity contribution in [1.82, 2.24) is 10.6 Å². The third kappa shape index (κ3) is 4.97. The fourth-order valence-corrected chi connectivity index (χ4v) is 2.10. The first-order chi connectivity index (χ1) is 9.38. The number of nitrogens with one attached hydrogen (secondary N) is 2. The SMILES string of the molecule is COC1(CNC(=O)N[C@@H](CC(C)C)C(=O)O)CCOC1. The number of aliphatic carboxylic acids is 1. The van der Waals surface area contributed by atoms with Crippen molar-refractivity contribution in [3.63, 3.8) is 0 Å². The van der Waals surface area contributed by atoms with Crippen LogP contribution in [-0.2, 0) is 14.3 Å². The molecule has 3 N–H and O–H groups in total. The Morgan fingerprint density at radius 3 is 2.60 bits per heavy atom. The van der Waals surface area contributed by atoms with Crippen LogP contribution in [0.5, 0.6) is 0 Å². The number of carboxylic acid groups (broad SMARTS) is 1. The van der Waals surface area contributed by atoms with Gasteiger partial charge in [-0.05, 0) is 12.3 Å². The highest BCUT2D eigenvalue weighted by atomic mass is 16.5. The first-order valence-corrected chi connectivity index (χ1v) is 6.78. The maximum Gasteiger partial charge on any atom is 0.326 e. The number of hydrogen-bond acceptors (Lipinski definition) is 4. The van der Waals surface area contributed by atoms with Crippen LogP contribution < -0.4 is 10.6 Å². The van der Waals surface area contributed by atoms with Gasteiger partial charge in [-0.3, -0.25) is 0 Å². The van der Waals surface area contributed by atoms with E-state index in [1.54, 1.807) is 7.11 Å². The van der Waals surface area contributed by atoms with Gasteiger partial charge in [0.2, 0.25) is 0 Å². The molecule has 20 heavy (non-hydrogen) atoms. The first kappa shape index (κ1) is 16.7. The summed E-state index contributed by atoms with van der Waals surface area (Å²) in [6.07, 6.45) is 1.10. The van der Waals surface area contributed by atoms with E-state index >= 15 is 0 Å². The number of urea groups is 1. The van der Waals surface area contributed by atoms with E-state index in [-0.39, 0.29) is 5.92 Å². The zero-order valence-corrected chi connectivity index (χ0v) is 12.3. The fourth-order valence-electron chi connectivity index (χ4n) is 2.10. The molecule has 2 amide bonds. The van der Waals surface area contributed by atoms with Crippen molar-refractivity contribution >= 4 is 12.0 Å². The summed E-state index contributed by atoms with van der Waals surface area (Å²) >= 11 is 0. The van der Waals surface area contributed by atoms with Crippen molar-refractivity contribution in [2.45, 2.75) is 38.3 Å². The van der Waals surface area contributed by atoms with Crippen molar-refractivity contribution in [1.29, 1.82) is 0 Å². The van der Waals surface area contributed by atoms with Crippen LogP contribution in [0.2, 0.25) is 0 Å². The summed E-state index contributed by atoms with van der Waals surface area (Å²) < 4.78 is 10.6. The van der Waals surface area contributed by atoms with E-state index in [9.17, 15) is 9.59 Å². The van der Waals surface area contributed by atoms with Gasteiger partial charge in [-0.25, -0.2) is 9.59 Å². The molecule has 0 radical (unpaired) electrons. The Hall–Kier alpha value is -1.34. The lowest BCUT2D eigenvalue weighted by Gasteiger charge is -2.26. The molecule has 1 aliphatic heterocycles. The largest absolute Gasteiger partial charge is 0.480 e. The summed E-state index contributed by atoms with van der Waals surface area (Å²) in [4.78, 5) is 22.8. The summed E-state index contributed by atoms with van der Waals surface area (Å²) in [7, 11) is 1.58. The van der Waals surface area contributed by atoms with Gasteiger partial charge in [0, 0.05) is 20.1 Å². The monoisotopic (exact) mass is 288 g/mol. The number of carbonyl (C=O) groups is 2. The molecule has 1 unspecified atom stereocenters. The first-order valence-electron chi connectivity index (χ1n) is 6.78. The third-order valence-electron chi connectivity index (χ3n) is 3.38. The highest BCUT2D eigenvalue weighted by Gasteiger charge is 2.35. The lowest BCUT2D eigenvalue weighted by molar-refractivity contribution is -0.139. The summed E-state index contributed by atoms with van der Waals surface area (Å²) in [6.45, 7) is 5.14. The van der Waals surface area contributed by atoms with Crippen LogP contribution in [0.25, 0.3) is 0 Å². The van der Waals surface area contributed by atoms with Crippen LogP contribution >= 0.6 is 0 Å². The zero-order chi connectivity index (χ0) is 15.2. The lowest BCUT2D eigenvalue weighted by atomic mass is 10.0. The van der Waals surface area contributed by atoms with Gasteiger partial charge in [-0.2, -0.15) is 0 Å². The number of carboxylic acids is 1. The molecule has 0 saturated carbocycles. The molecule has 7 nitrogen and oxygen atoms in total. The number of ether oxygens (including phenoxy) is 2. The maximum atomic E-state index is 11.8. The van der Waals surface area contributed by atoms with Gasteiger partial charge in [0.25, 0.3) is 0 Å². The normalized spacial score (nSPS) is 23.6. The Kier molecular flexibility index (Phi) is 6.22. The summed E-state index contributed by atoms with van der Waals surface area (Å²) in [5, 5.41) is 14.2. The maximum absolute atomic E-state index is 11.8. The summed E-state index contributed by atoms with van der Waals surface area (Å²) in [5.74, 6) is -0.843. The Morgan fingerprint density at radius 1 is 1.45 bits per heavy atom. The molecule has 0 spiro atoms. The van der Waals surface area contributed by atoms with Crippen LogP contribution in [0.1, 0.15) is 26.7 Å². The molecule has 0 aromatic rings. The van der Waals surface area contributed by atoms with Gasteiger partial charge in [0.1, 0.15) is 11.6 Å². The van der Waals surface area contributed by atoms with Crippen molar-refractivity contribution in [3.8, 4) is 0 Å². The third-order valence-corrected chi connectivity index (χ3v) is 3.38. The topological polar surface area (TPSA) is 96.9 Å². The predicted octanol–water partition coefficient (Wildman–Crippen LogP) is 0.590. The van der Waals surface area contributed by atoms with E-state index < -0.39 is 23.6 Å². The van der Waals surface area contributed by atoms with Gasteiger partial charge in [0.05, 0.1) is 13.2 Å². The molecular weight excluding hydrogens is 264 g/mol. The van der Waals surface area contributed by atoms with Crippen LogP contribution in [0, 0.1) is 5.92 Å². The van der Waals surface area contributed by atoms with Crippen molar-refractivity contribution in [2.24, 2.45) is 5.92 Å². The summed E-state index contributed by atoms with van der Waals surface area (Å²) in [5.41, 5.74) is -0.506. The Balaban J connectivity index is 2.43. The molecule has 1 fully saturated rings. The highest BCUT2D eigenvalue weighted by Crippen LogP contribution is 2.21. The molecule has 0 bridgehead atoms. The van der Waals surface area contributed by atoms with Crippen LogP contribution in [0.3, 0.4) is 0 Å². The minimum Gasteiger partial charge on any atom is -0.480 e. The molecule has 116 valence electrons. The van der Waals surface area contributed by atoms with Gasteiger partial charge in [0.15, 0.2) is 0 Å². The number of rotatable bonds is 7. The quantitative estimate of drug-likeness (QED) is 0.637. The van der Waals surface area contributed by atoms with Gasteiger partial charge in [-0.1, -0.05) is 13.8 Å². The van der Waals surface area contributed by atoms with Crippen LogP contribution in [0.4, 0.5) is 4.79 Å². The van der Waals surface area contributed by atoms with Gasteiger partial charge < -0.3 is 25.2 Å². The number of carbonyl (C=O) groups excluding carboxylic acids is 1. The molecule has 2 atom stereocenters. The molecule has 1 rings (SSSR count). The second-order valence-corrected chi connectivity index (χ2v) is 5.54. The van der Waals surface area contributed by atoms with Crippen molar-refractivity contribution in [2.75, 3.05) is 26.9 Å². The van der Waals surface area contributed by atoms with E-state index in [1.165, 1.54) is 0 Å². The molecular formula is C13H24N2O5. The second-order valence-electron chi connectivity index (χ2n) is 5.54. The van der Waals surface area contributed by atoms with E-state index in [0.29, 0.717) is 32.6 Å². The van der Waals surface area contributed by atoms with E-state index in [1.807, 2.05) is 13.8 Å².